The summed E-state index contributed by atoms with van der Waals surface area (Å²) < 4.78 is 4.64. The van der Waals surface area contributed by atoms with Gasteiger partial charge in [0.25, 0.3) is 0 Å². The molecule has 0 radical (unpaired) electrons. The third-order valence-electron chi connectivity index (χ3n) is 2.29. The first kappa shape index (κ1) is 14.3. The molecule has 0 saturated heterocycles. The predicted molar refractivity (Wildman–Crippen MR) is 77.5 cm³/mol. The molecule has 2 N–H and O–H groups in total. The van der Waals surface area contributed by atoms with Crippen LogP contribution in [0.15, 0.2) is 29.8 Å². The number of ether oxygens (including phenoxy) is 1. The van der Waals surface area contributed by atoms with Crippen LogP contribution >= 0.6 is 22.9 Å². The Morgan fingerprint density at radius 2 is 2.15 bits per heavy atom. The molecule has 8 heteroatoms. The van der Waals surface area contributed by atoms with Gasteiger partial charge in [-0.15, -0.1) is 11.3 Å². The zero-order valence-electron chi connectivity index (χ0n) is 10.3. The summed E-state index contributed by atoms with van der Waals surface area (Å²) in [6, 6.07) is 3.97. The second kappa shape index (κ2) is 6.36. The molecule has 1 aromatic heterocycles. The number of methoxy groups -OCH3 is 1. The Morgan fingerprint density at radius 3 is 2.80 bits per heavy atom. The van der Waals surface area contributed by atoms with Crippen LogP contribution in [0.3, 0.4) is 0 Å². The van der Waals surface area contributed by atoms with E-state index in [2.05, 4.69) is 20.4 Å². The van der Waals surface area contributed by atoms with E-state index in [4.69, 9.17) is 11.6 Å². The number of nitrogens with one attached hydrogen (secondary N) is 2. The maximum atomic E-state index is 11.8. The lowest BCUT2D eigenvalue weighted by atomic mass is 10.2. The highest BCUT2D eigenvalue weighted by Gasteiger charge is 2.14. The summed E-state index contributed by atoms with van der Waals surface area (Å²) in [5.74, 6) is -0.564. The van der Waals surface area contributed by atoms with E-state index in [1.165, 1.54) is 36.6 Å². The second-order valence-electron chi connectivity index (χ2n) is 3.60. The van der Waals surface area contributed by atoms with Gasteiger partial charge in [0.15, 0.2) is 5.13 Å². The van der Waals surface area contributed by atoms with E-state index in [0.717, 1.165) is 0 Å². The largest absolute Gasteiger partial charge is 0.465 e. The van der Waals surface area contributed by atoms with Gasteiger partial charge < -0.3 is 10.1 Å². The van der Waals surface area contributed by atoms with Gasteiger partial charge in [-0.25, -0.2) is 14.6 Å². The Labute approximate surface area is 123 Å². The van der Waals surface area contributed by atoms with Crippen molar-refractivity contribution < 1.29 is 14.3 Å². The molecule has 0 unspecified atom stereocenters. The number of amides is 2. The predicted octanol–water partition coefficient (Wildman–Crippen LogP) is 3.23. The normalized spacial score (nSPS) is 9.90. The highest BCUT2D eigenvalue weighted by Crippen LogP contribution is 2.22. The minimum Gasteiger partial charge on any atom is -0.465 e. The van der Waals surface area contributed by atoms with E-state index in [0.29, 0.717) is 10.2 Å². The number of urea groups is 1. The smallest absolute Gasteiger partial charge is 0.339 e. The van der Waals surface area contributed by atoms with Crippen LogP contribution in [0, 0.1) is 0 Å². The van der Waals surface area contributed by atoms with Crippen LogP contribution in [0.4, 0.5) is 15.6 Å². The number of aromatic nitrogens is 1. The molecule has 20 heavy (non-hydrogen) atoms. The summed E-state index contributed by atoms with van der Waals surface area (Å²) in [7, 11) is 1.26. The summed E-state index contributed by atoms with van der Waals surface area (Å²) in [5, 5.41) is 7.64. The van der Waals surface area contributed by atoms with Gasteiger partial charge in [0, 0.05) is 16.6 Å². The first-order valence-corrected chi connectivity index (χ1v) is 6.71. The van der Waals surface area contributed by atoms with Gasteiger partial charge in [-0.05, 0) is 18.2 Å². The second-order valence-corrected chi connectivity index (χ2v) is 4.93. The number of hydrogen-bond acceptors (Lipinski definition) is 5. The number of anilines is 2. The molecule has 0 aliphatic carbocycles. The maximum absolute atomic E-state index is 11.8. The van der Waals surface area contributed by atoms with Crippen molar-refractivity contribution >= 4 is 45.8 Å². The number of nitrogens with zero attached hydrogens (tertiary/aromatic N) is 1. The molecule has 6 nitrogen and oxygen atoms in total. The van der Waals surface area contributed by atoms with Gasteiger partial charge in [0.1, 0.15) is 0 Å². The Kier molecular flexibility index (Phi) is 4.54. The maximum Gasteiger partial charge on any atom is 0.339 e. The molecule has 0 saturated carbocycles. The van der Waals surface area contributed by atoms with E-state index in [1.54, 1.807) is 11.6 Å². The monoisotopic (exact) mass is 311 g/mol. The van der Waals surface area contributed by atoms with Crippen LogP contribution in [-0.4, -0.2) is 24.1 Å². The van der Waals surface area contributed by atoms with Crippen molar-refractivity contribution in [1.29, 1.82) is 0 Å². The van der Waals surface area contributed by atoms with Crippen molar-refractivity contribution in [3.63, 3.8) is 0 Å². The molecule has 104 valence electrons. The number of carbonyl (C=O) groups is 2. The molecule has 0 aliphatic heterocycles. The fourth-order valence-electron chi connectivity index (χ4n) is 1.44. The van der Waals surface area contributed by atoms with Gasteiger partial charge in [-0.2, -0.15) is 0 Å². The van der Waals surface area contributed by atoms with Gasteiger partial charge in [-0.1, -0.05) is 11.6 Å². The molecule has 2 rings (SSSR count). The summed E-state index contributed by atoms with van der Waals surface area (Å²) in [4.78, 5) is 27.3. The SMILES string of the molecule is COC(=O)c1ccc(Cl)cc1NC(=O)Nc1nccs1. The molecule has 0 spiro atoms. The molecule has 0 aliphatic rings. The fraction of sp³-hybridized carbons (Fsp3) is 0.0833. The van der Waals surface area contributed by atoms with Crippen LogP contribution in [0.5, 0.6) is 0 Å². The topological polar surface area (TPSA) is 80.3 Å². The van der Waals surface area contributed by atoms with Crippen LogP contribution in [0.1, 0.15) is 10.4 Å². The van der Waals surface area contributed by atoms with Crippen molar-refractivity contribution in [2.45, 2.75) is 0 Å². The van der Waals surface area contributed by atoms with E-state index >= 15 is 0 Å². The molecular weight excluding hydrogens is 302 g/mol. The number of benzene rings is 1. The minimum atomic E-state index is -0.564. The Balaban J connectivity index is 2.17. The van der Waals surface area contributed by atoms with E-state index < -0.39 is 12.0 Å². The van der Waals surface area contributed by atoms with Crippen molar-refractivity contribution in [3.05, 3.63) is 40.4 Å². The van der Waals surface area contributed by atoms with Crippen LogP contribution in [-0.2, 0) is 4.74 Å². The first-order chi connectivity index (χ1) is 9.60. The third kappa shape index (κ3) is 3.46. The van der Waals surface area contributed by atoms with Gasteiger partial charge in [-0.3, -0.25) is 5.32 Å². The molecule has 0 atom stereocenters. The number of carbonyl (C=O) groups excluding carboxylic acids is 2. The molecule has 2 amide bonds. The van der Waals surface area contributed by atoms with Crippen molar-refractivity contribution in [2.75, 3.05) is 17.7 Å². The van der Waals surface area contributed by atoms with E-state index in [-0.39, 0.29) is 11.3 Å². The van der Waals surface area contributed by atoms with E-state index in [9.17, 15) is 9.59 Å². The van der Waals surface area contributed by atoms with E-state index in [1.807, 2.05) is 0 Å². The van der Waals surface area contributed by atoms with Crippen molar-refractivity contribution in [2.24, 2.45) is 0 Å². The third-order valence-corrected chi connectivity index (χ3v) is 3.21. The van der Waals surface area contributed by atoms with Gasteiger partial charge in [0.05, 0.1) is 18.4 Å². The van der Waals surface area contributed by atoms with Crippen LogP contribution in [0.25, 0.3) is 0 Å². The highest BCUT2D eigenvalue weighted by atomic mass is 35.5. The minimum absolute atomic E-state index is 0.214. The average Bonchev–Trinajstić information content (AvgIpc) is 2.90. The number of rotatable bonds is 3. The Hall–Kier alpha value is -2.12. The van der Waals surface area contributed by atoms with Crippen LogP contribution < -0.4 is 10.6 Å². The number of halogens is 1. The standard InChI is InChI=1S/C12H10ClN3O3S/c1-19-10(17)8-3-2-7(13)6-9(8)15-11(18)16-12-14-4-5-20-12/h2-6H,1H3,(H2,14,15,16,18). The van der Waals surface area contributed by atoms with Crippen molar-refractivity contribution in [3.8, 4) is 0 Å². The highest BCUT2D eigenvalue weighted by molar-refractivity contribution is 7.13. The first-order valence-electron chi connectivity index (χ1n) is 5.45. The summed E-state index contributed by atoms with van der Waals surface area (Å²) in [5.41, 5.74) is 0.476. The molecule has 0 bridgehead atoms. The summed E-state index contributed by atoms with van der Waals surface area (Å²) in [6.07, 6.45) is 1.57. The van der Waals surface area contributed by atoms with Gasteiger partial charge in [0.2, 0.25) is 0 Å². The quantitative estimate of drug-likeness (QED) is 0.853. The molecule has 2 aromatic rings. The fourth-order valence-corrected chi connectivity index (χ4v) is 2.14. The molecular formula is C12H10ClN3O3S. The molecule has 1 aromatic carbocycles. The summed E-state index contributed by atoms with van der Waals surface area (Å²) >= 11 is 7.14. The number of thiazole rings is 1. The number of hydrogen-bond donors (Lipinski definition) is 2. The lowest BCUT2D eigenvalue weighted by molar-refractivity contribution is 0.0602. The van der Waals surface area contributed by atoms with Crippen LogP contribution in [0.2, 0.25) is 5.02 Å². The lowest BCUT2D eigenvalue weighted by Gasteiger charge is -2.10. The molecule has 1 heterocycles. The average molecular weight is 312 g/mol. The zero-order chi connectivity index (χ0) is 14.5. The summed E-state index contributed by atoms with van der Waals surface area (Å²) in [6.45, 7) is 0. The Morgan fingerprint density at radius 1 is 1.35 bits per heavy atom. The number of esters is 1. The Bertz CT molecular complexity index is 631. The van der Waals surface area contributed by atoms with Gasteiger partial charge >= 0.3 is 12.0 Å². The lowest BCUT2D eigenvalue weighted by Crippen LogP contribution is -2.21. The van der Waals surface area contributed by atoms with Crippen molar-refractivity contribution in [1.82, 2.24) is 4.98 Å². The molecule has 0 fully saturated rings. The zero-order valence-corrected chi connectivity index (χ0v) is 11.9.